The van der Waals surface area contributed by atoms with Crippen molar-refractivity contribution in [2.24, 2.45) is 0 Å². The number of nitrogens with two attached hydrogens (primary N) is 1. The summed E-state index contributed by atoms with van der Waals surface area (Å²) in [6, 6.07) is 12.3. The summed E-state index contributed by atoms with van der Waals surface area (Å²) in [7, 11) is 0. The minimum absolute atomic E-state index is 0.835. The normalized spacial score (nSPS) is 16.3. The summed E-state index contributed by atoms with van der Waals surface area (Å²) >= 11 is 0. The van der Waals surface area contributed by atoms with Crippen LogP contribution in [0.15, 0.2) is 48.8 Å². The number of nitrogen functional groups attached to an aromatic ring is 1. The van der Waals surface area contributed by atoms with Gasteiger partial charge >= 0.3 is 0 Å². The lowest BCUT2D eigenvalue weighted by molar-refractivity contribution is 0.250. The molecule has 4 nitrogen and oxygen atoms in total. The van der Waals surface area contributed by atoms with Gasteiger partial charge in [-0.1, -0.05) is 6.07 Å². The van der Waals surface area contributed by atoms with Crippen molar-refractivity contribution >= 4 is 11.4 Å². The third-order valence-corrected chi connectivity index (χ3v) is 3.76. The molecular weight excluding hydrogens is 248 g/mol. The van der Waals surface area contributed by atoms with Crippen molar-refractivity contribution in [2.45, 2.75) is 6.54 Å². The molecule has 0 radical (unpaired) electrons. The number of hydrogen-bond acceptors (Lipinski definition) is 4. The Morgan fingerprint density at radius 2 is 1.75 bits per heavy atom. The molecule has 2 heterocycles. The highest BCUT2D eigenvalue weighted by atomic mass is 15.3. The van der Waals surface area contributed by atoms with Crippen molar-refractivity contribution in [3.63, 3.8) is 0 Å². The Kier molecular flexibility index (Phi) is 3.83. The first kappa shape index (κ1) is 12.9. The van der Waals surface area contributed by atoms with Gasteiger partial charge in [0.25, 0.3) is 0 Å². The lowest BCUT2D eigenvalue weighted by Crippen LogP contribution is -2.45. The number of rotatable bonds is 3. The van der Waals surface area contributed by atoms with Crippen LogP contribution in [0, 0.1) is 0 Å². The Morgan fingerprint density at radius 1 is 1.00 bits per heavy atom. The molecule has 3 rings (SSSR count). The Bertz CT molecular complexity index is 547. The van der Waals surface area contributed by atoms with E-state index in [9.17, 15) is 0 Å². The van der Waals surface area contributed by atoms with Crippen LogP contribution in [-0.4, -0.2) is 36.1 Å². The second-order valence-electron chi connectivity index (χ2n) is 5.21. The summed E-state index contributed by atoms with van der Waals surface area (Å²) in [6.07, 6.45) is 3.72. The second-order valence-corrected chi connectivity index (χ2v) is 5.21. The van der Waals surface area contributed by atoms with E-state index in [1.807, 2.05) is 24.5 Å². The molecule has 2 aromatic rings. The maximum atomic E-state index is 5.85. The van der Waals surface area contributed by atoms with Gasteiger partial charge in [0.1, 0.15) is 0 Å². The molecule has 1 aliphatic rings. The van der Waals surface area contributed by atoms with Crippen LogP contribution >= 0.6 is 0 Å². The SMILES string of the molecule is Nc1cccc(N2CCN(Cc3ccncc3)CC2)c1. The van der Waals surface area contributed by atoms with Gasteiger partial charge in [0.2, 0.25) is 0 Å². The molecule has 1 fully saturated rings. The third kappa shape index (κ3) is 3.08. The van der Waals surface area contributed by atoms with Crippen LogP contribution in [0.25, 0.3) is 0 Å². The zero-order valence-corrected chi connectivity index (χ0v) is 11.6. The molecule has 0 spiro atoms. The van der Waals surface area contributed by atoms with E-state index >= 15 is 0 Å². The van der Waals surface area contributed by atoms with E-state index in [1.54, 1.807) is 0 Å². The topological polar surface area (TPSA) is 45.4 Å². The molecule has 0 aliphatic carbocycles. The van der Waals surface area contributed by atoms with E-state index in [2.05, 4.69) is 39.0 Å². The molecule has 1 saturated heterocycles. The lowest BCUT2D eigenvalue weighted by Gasteiger charge is -2.36. The van der Waals surface area contributed by atoms with Crippen molar-refractivity contribution in [1.82, 2.24) is 9.88 Å². The van der Waals surface area contributed by atoms with Crippen LogP contribution < -0.4 is 10.6 Å². The fraction of sp³-hybridized carbons (Fsp3) is 0.312. The van der Waals surface area contributed by atoms with E-state index < -0.39 is 0 Å². The zero-order valence-electron chi connectivity index (χ0n) is 11.6. The molecule has 0 bridgehead atoms. The fourth-order valence-corrected chi connectivity index (χ4v) is 2.63. The van der Waals surface area contributed by atoms with Crippen LogP contribution in [0.3, 0.4) is 0 Å². The smallest absolute Gasteiger partial charge is 0.0387 e. The summed E-state index contributed by atoms with van der Waals surface area (Å²) < 4.78 is 0. The van der Waals surface area contributed by atoms with Gasteiger partial charge in [-0.15, -0.1) is 0 Å². The van der Waals surface area contributed by atoms with E-state index in [0.717, 1.165) is 38.4 Å². The number of nitrogens with zero attached hydrogens (tertiary/aromatic N) is 3. The van der Waals surface area contributed by atoms with Crippen LogP contribution in [0.2, 0.25) is 0 Å². The van der Waals surface area contributed by atoms with Crippen molar-refractivity contribution < 1.29 is 0 Å². The van der Waals surface area contributed by atoms with Crippen LogP contribution in [-0.2, 0) is 6.54 Å². The summed E-state index contributed by atoms with van der Waals surface area (Å²) in [5.41, 5.74) is 9.25. The minimum atomic E-state index is 0.835. The standard InChI is InChI=1S/C16H20N4/c17-15-2-1-3-16(12-15)20-10-8-19(9-11-20)13-14-4-6-18-7-5-14/h1-7,12H,8-11,13,17H2. The average Bonchev–Trinajstić information content (AvgIpc) is 2.49. The third-order valence-electron chi connectivity index (χ3n) is 3.76. The van der Waals surface area contributed by atoms with Crippen molar-refractivity contribution in [3.05, 3.63) is 54.4 Å². The van der Waals surface area contributed by atoms with Crippen LogP contribution in [0.5, 0.6) is 0 Å². The Hall–Kier alpha value is -2.07. The van der Waals surface area contributed by atoms with Gasteiger partial charge in [0.05, 0.1) is 0 Å². The zero-order chi connectivity index (χ0) is 13.8. The number of anilines is 2. The predicted octanol–water partition coefficient (Wildman–Crippen LogP) is 1.99. The maximum absolute atomic E-state index is 5.85. The lowest BCUT2D eigenvalue weighted by atomic mass is 10.2. The molecule has 1 aromatic carbocycles. The quantitative estimate of drug-likeness (QED) is 0.865. The fourth-order valence-electron chi connectivity index (χ4n) is 2.63. The van der Waals surface area contributed by atoms with E-state index in [-0.39, 0.29) is 0 Å². The maximum Gasteiger partial charge on any atom is 0.0387 e. The van der Waals surface area contributed by atoms with Crippen molar-refractivity contribution in [2.75, 3.05) is 36.8 Å². The first-order valence-electron chi connectivity index (χ1n) is 7.03. The summed E-state index contributed by atoms with van der Waals surface area (Å²) in [5, 5.41) is 0. The Morgan fingerprint density at radius 3 is 2.45 bits per heavy atom. The van der Waals surface area contributed by atoms with Gasteiger partial charge in [0.15, 0.2) is 0 Å². The number of piperazine rings is 1. The number of hydrogen-bond donors (Lipinski definition) is 1. The molecule has 1 aromatic heterocycles. The number of aromatic nitrogens is 1. The van der Waals surface area contributed by atoms with Gasteiger partial charge in [-0.2, -0.15) is 0 Å². The molecule has 104 valence electrons. The summed E-state index contributed by atoms with van der Waals surface area (Å²) in [5.74, 6) is 0. The van der Waals surface area contributed by atoms with Crippen molar-refractivity contribution in [3.8, 4) is 0 Å². The first-order chi connectivity index (χ1) is 9.81. The largest absolute Gasteiger partial charge is 0.399 e. The van der Waals surface area contributed by atoms with Crippen LogP contribution in [0.4, 0.5) is 11.4 Å². The molecular formula is C16H20N4. The Labute approximate surface area is 119 Å². The van der Waals surface area contributed by atoms with Gasteiger partial charge < -0.3 is 10.6 Å². The van der Waals surface area contributed by atoms with E-state index in [4.69, 9.17) is 5.73 Å². The molecule has 0 unspecified atom stereocenters. The van der Waals surface area contributed by atoms with E-state index in [1.165, 1.54) is 11.3 Å². The molecule has 0 saturated carbocycles. The molecule has 0 amide bonds. The molecule has 0 atom stereocenters. The predicted molar refractivity (Wildman–Crippen MR) is 82.6 cm³/mol. The van der Waals surface area contributed by atoms with Crippen molar-refractivity contribution in [1.29, 1.82) is 0 Å². The number of benzene rings is 1. The monoisotopic (exact) mass is 268 g/mol. The van der Waals surface area contributed by atoms with Gasteiger partial charge in [-0.25, -0.2) is 0 Å². The molecule has 20 heavy (non-hydrogen) atoms. The van der Waals surface area contributed by atoms with Gasteiger partial charge in [0, 0.05) is 56.5 Å². The number of pyridine rings is 1. The van der Waals surface area contributed by atoms with E-state index in [0.29, 0.717) is 0 Å². The Balaban J connectivity index is 1.57. The van der Waals surface area contributed by atoms with Crippen LogP contribution in [0.1, 0.15) is 5.56 Å². The second kappa shape index (κ2) is 5.92. The molecule has 1 aliphatic heterocycles. The first-order valence-corrected chi connectivity index (χ1v) is 7.03. The highest BCUT2D eigenvalue weighted by Gasteiger charge is 2.17. The minimum Gasteiger partial charge on any atom is -0.399 e. The molecule has 2 N–H and O–H groups in total. The van der Waals surface area contributed by atoms with Gasteiger partial charge in [-0.3, -0.25) is 9.88 Å². The highest BCUT2D eigenvalue weighted by molar-refractivity contribution is 5.56. The average molecular weight is 268 g/mol. The molecule has 4 heteroatoms. The summed E-state index contributed by atoms with van der Waals surface area (Å²) in [6.45, 7) is 5.27. The summed E-state index contributed by atoms with van der Waals surface area (Å²) in [4.78, 5) is 8.95. The van der Waals surface area contributed by atoms with Gasteiger partial charge in [-0.05, 0) is 35.9 Å². The highest BCUT2D eigenvalue weighted by Crippen LogP contribution is 2.19.